The molecule has 1 amide bonds. The molecule has 0 saturated heterocycles. The third-order valence-electron chi connectivity index (χ3n) is 6.28. The summed E-state index contributed by atoms with van der Waals surface area (Å²) < 4.78 is 18.7. The number of allylic oxidation sites excluding steroid dienone is 1. The van der Waals surface area contributed by atoms with Gasteiger partial charge in [0.05, 0.1) is 30.5 Å². The lowest BCUT2D eigenvalue weighted by Gasteiger charge is -2.30. The van der Waals surface area contributed by atoms with Crippen LogP contribution in [0.4, 0.5) is 11.6 Å². The molecule has 4 aromatic rings. The molecule has 2 N–H and O–H groups in total. The van der Waals surface area contributed by atoms with Crippen molar-refractivity contribution in [1.29, 1.82) is 0 Å². The van der Waals surface area contributed by atoms with Gasteiger partial charge in [-0.25, -0.2) is 4.68 Å². The van der Waals surface area contributed by atoms with Crippen molar-refractivity contribution in [2.45, 2.75) is 19.6 Å². The number of ether oxygens (including phenoxy) is 3. The first kappa shape index (κ1) is 26.4. The highest BCUT2D eigenvalue weighted by Gasteiger charge is 2.35. The molecule has 39 heavy (non-hydrogen) atoms. The van der Waals surface area contributed by atoms with Gasteiger partial charge in [-0.2, -0.15) is 10.1 Å². The summed E-state index contributed by atoms with van der Waals surface area (Å²) in [6, 6.07) is 17.5. The number of halogens is 2. The molecule has 3 aromatic carbocycles. The molecular formula is C28H25Cl2N5O4. The molecule has 5 rings (SSSR count). The van der Waals surface area contributed by atoms with Gasteiger partial charge in [-0.1, -0.05) is 53.5 Å². The second-order valence-electron chi connectivity index (χ2n) is 8.69. The van der Waals surface area contributed by atoms with Gasteiger partial charge in [-0.05, 0) is 30.7 Å². The van der Waals surface area contributed by atoms with Crippen molar-refractivity contribution < 1.29 is 19.0 Å². The number of rotatable bonds is 8. The fraction of sp³-hybridized carbons (Fsp3) is 0.179. The molecule has 0 bridgehead atoms. The number of hydrogen-bond acceptors (Lipinski definition) is 7. The second-order valence-corrected chi connectivity index (χ2v) is 9.53. The smallest absolute Gasteiger partial charge is 0.255 e. The lowest BCUT2D eigenvalue weighted by molar-refractivity contribution is -0.113. The van der Waals surface area contributed by atoms with Crippen molar-refractivity contribution >= 4 is 40.7 Å². The topological polar surface area (TPSA) is 99.5 Å². The first-order valence-electron chi connectivity index (χ1n) is 12.0. The fourth-order valence-corrected chi connectivity index (χ4v) is 4.76. The number of aromatic nitrogens is 3. The number of carbonyl (C=O) groups is 1. The van der Waals surface area contributed by atoms with E-state index in [0.717, 1.165) is 11.1 Å². The fourth-order valence-electron chi connectivity index (χ4n) is 4.40. The summed E-state index contributed by atoms with van der Waals surface area (Å²) in [6.45, 7) is 2.13. The molecule has 1 aliphatic rings. The number of nitrogens with one attached hydrogen (secondary N) is 2. The Kier molecular flexibility index (Phi) is 7.63. The van der Waals surface area contributed by atoms with Crippen LogP contribution in [0.25, 0.3) is 0 Å². The summed E-state index contributed by atoms with van der Waals surface area (Å²) in [6.07, 6.45) is 1.44. The highest BCUT2D eigenvalue weighted by molar-refractivity contribution is 6.32. The average molecular weight is 566 g/mol. The molecule has 0 fully saturated rings. The maximum atomic E-state index is 13.9. The molecule has 1 aliphatic heterocycles. The van der Waals surface area contributed by atoms with Crippen LogP contribution >= 0.6 is 23.2 Å². The van der Waals surface area contributed by atoms with E-state index in [1.165, 1.54) is 20.5 Å². The summed E-state index contributed by atoms with van der Waals surface area (Å²) in [5.41, 5.74) is 3.13. The van der Waals surface area contributed by atoms with Gasteiger partial charge in [-0.15, -0.1) is 0 Å². The Morgan fingerprint density at radius 1 is 1.03 bits per heavy atom. The van der Waals surface area contributed by atoms with Gasteiger partial charge in [-0.3, -0.25) is 4.79 Å². The summed E-state index contributed by atoms with van der Waals surface area (Å²) >= 11 is 12.3. The van der Waals surface area contributed by atoms with E-state index in [9.17, 15) is 4.79 Å². The van der Waals surface area contributed by atoms with Gasteiger partial charge in [0.1, 0.15) is 36.2 Å². The zero-order chi connectivity index (χ0) is 27.5. The Morgan fingerprint density at radius 3 is 2.51 bits per heavy atom. The van der Waals surface area contributed by atoms with Crippen molar-refractivity contribution in [1.82, 2.24) is 14.8 Å². The molecule has 1 aromatic heterocycles. The Morgan fingerprint density at radius 2 is 1.77 bits per heavy atom. The van der Waals surface area contributed by atoms with E-state index in [2.05, 4.69) is 20.7 Å². The number of amides is 1. The number of hydrogen-bond donors (Lipinski definition) is 2. The van der Waals surface area contributed by atoms with Gasteiger partial charge in [0.15, 0.2) is 0 Å². The molecule has 0 radical (unpaired) electrons. The van der Waals surface area contributed by atoms with E-state index in [4.69, 9.17) is 37.4 Å². The number of benzene rings is 3. The van der Waals surface area contributed by atoms with Crippen molar-refractivity contribution in [2.24, 2.45) is 0 Å². The number of fused-ring (bicyclic) bond motifs is 1. The molecule has 0 aliphatic carbocycles. The normalized spacial score (nSPS) is 14.3. The van der Waals surface area contributed by atoms with Crippen molar-refractivity contribution in [2.75, 3.05) is 24.9 Å². The van der Waals surface area contributed by atoms with E-state index < -0.39 is 6.04 Å². The Bertz CT molecular complexity index is 1550. The van der Waals surface area contributed by atoms with E-state index >= 15 is 0 Å². The molecule has 11 heteroatoms. The number of methoxy groups -OCH3 is 2. The van der Waals surface area contributed by atoms with Gasteiger partial charge >= 0.3 is 0 Å². The minimum absolute atomic E-state index is 0.315. The molecule has 200 valence electrons. The van der Waals surface area contributed by atoms with E-state index in [-0.39, 0.29) is 5.91 Å². The number of anilines is 2. The number of carbonyl (C=O) groups excluding carboxylic acids is 1. The van der Waals surface area contributed by atoms with E-state index in [0.29, 0.717) is 56.8 Å². The summed E-state index contributed by atoms with van der Waals surface area (Å²) in [4.78, 5) is 18.2. The molecule has 2 heterocycles. The third kappa shape index (κ3) is 5.36. The van der Waals surface area contributed by atoms with Crippen LogP contribution in [-0.4, -0.2) is 34.9 Å². The standard InChI is InChI=1S/C28H25Cl2N5O4/c1-16-25(27(36)34-21-13-23(37-2)20(30)12-24(21)38-3)26(35-28(33-16)31-15-32-35)19-6-4-5-7-22(19)39-14-17-8-10-18(29)11-9-17/h4-13,15,26H,14H2,1-3H3,(H,34,36)(H,31,32,33)/t26-/m1/s1. The van der Waals surface area contributed by atoms with Gasteiger partial charge < -0.3 is 24.8 Å². The predicted octanol–water partition coefficient (Wildman–Crippen LogP) is 6.11. The van der Waals surface area contributed by atoms with Crippen molar-refractivity contribution in [3.05, 3.63) is 99.4 Å². The summed E-state index contributed by atoms with van der Waals surface area (Å²) in [5, 5.41) is 11.6. The number of para-hydroxylation sites is 1. The monoisotopic (exact) mass is 565 g/mol. The first-order valence-corrected chi connectivity index (χ1v) is 12.7. The highest BCUT2D eigenvalue weighted by atomic mass is 35.5. The van der Waals surface area contributed by atoms with Crippen LogP contribution in [-0.2, 0) is 11.4 Å². The van der Waals surface area contributed by atoms with Gasteiger partial charge in [0.25, 0.3) is 5.91 Å². The van der Waals surface area contributed by atoms with Crippen LogP contribution in [0.1, 0.15) is 24.1 Å². The van der Waals surface area contributed by atoms with Crippen LogP contribution < -0.4 is 24.8 Å². The second kappa shape index (κ2) is 11.3. The number of nitrogens with zero attached hydrogens (tertiary/aromatic N) is 3. The van der Waals surface area contributed by atoms with Crippen LogP contribution in [0, 0.1) is 0 Å². The molecule has 0 unspecified atom stereocenters. The summed E-state index contributed by atoms with van der Waals surface area (Å²) in [5.74, 6) is 1.52. The van der Waals surface area contributed by atoms with Crippen LogP contribution in [0.2, 0.25) is 10.0 Å². The van der Waals surface area contributed by atoms with Crippen LogP contribution in [0.15, 0.2) is 78.3 Å². The largest absolute Gasteiger partial charge is 0.495 e. The van der Waals surface area contributed by atoms with Gasteiger partial charge in [0, 0.05) is 28.4 Å². The van der Waals surface area contributed by atoms with Gasteiger partial charge in [0.2, 0.25) is 5.95 Å². The molecule has 0 saturated carbocycles. The minimum Gasteiger partial charge on any atom is -0.495 e. The van der Waals surface area contributed by atoms with Crippen molar-refractivity contribution in [3.63, 3.8) is 0 Å². The molecular weight excluding hydrogens is 541 g/mol. The zero-order valence-corrected chi connectivity index (χ0v) is 22.9. The average Bonchev–Trinajstić information content (AvgIpc) is 3.41. The molecule has 1 atom stereocenters. The third-order valence-corrected chi connectivity index (χ3v) is 6.83. The quantitative estimate of drug-likeness (QED) is 0.266. The lowest BCUT2D eigenvalue weighted by Crippen LogP contribution is -2.31. The molecule has 0 spiro atoms. The SMILES string of the molecule is COc1cc(NC(=O)C2=C(C)Nc3ncnn3[C@@H]2c2ccccc2OCc2ccc(Cl)cc2)c(OC)cc1Cl. The molecule has 9 nitrogen and oxygen atoms in total. The Balaban J connectivity index is 1.52. The lowest BCUT2D eigenvalue weighted by atomic mass is 9.94. The maximum Gasteiger partial charge on any atom is 0.255 e. The predicted molar refractivity (Wildman–Crippen MR) is 150 cm³/mol. The maximum absolute atomic E-state index is 13.9. The summed E-state index contributed by atoms with van der Waals surface area (Å²) in [7, 11) is 3.00. The highest BCUT2D eigenvalue weighted by Crippen LogP contribution is 2.41. The van der Waals surface area contributed by atoms with Crippen LogP contribution in [0.3, 0.4) is 0 Å². The van der Waals surface area contributed by atoms with E-state index in [1.807, 2.05) is 55.5 Å². The Hall–Kier alpha value is -4.21. The van der Waals surface area contributed by atoms with Crippen LogP contribution in [0.5, 0.6) is 17.2 Å². The van der Waals surface area contributed by atoms with E-state index in [1.54, 1.807) is 16.8 Å². The van der Waals surface area contributed by atoms with Crippen molar-refractivity contribution in [3.8, 4) is 17.2 Å². The minimum atomic E-state index is -0.634. The zero-order valence-electron chi connectivity index (χ0n) is 21.4. The Labute approximate surface area is 235 Å². The first-order chi connectivity index (χ1) is 18.9.